The maximum atomic E-state index is 13.4. The number of ether oxygens (including phenoxy) is 2. The fraction of sp³-hybridized carbons (Fsp3) is 0.269. The Bertz CT molecular complexity index is 1170. The van der Waals surface area contributed by atoms with Gasteiger partial charge in [-0.15, -0.1) is 0 Å². The van der Waals surface area contributed by atoms with Crippen molar-refractivity contribution in [2.75, 3.05) is 19.0 Å². The molecule has 31 heavy (non-hydrogen) atoms. The van der Waals surface area contributed by atoms with Crippen LogP contribution >= 0.6 is 0 Å². The topological polar surface area (TPSA) is 42.9 Å². The zero-order chi connectivity index (χ0) is 21.8. The molecule has 0 saturated heterocycles. The molecule has 0 unspecified atom stereocenters. The number of hydrogen-bond donors (Lipinski definition) is 1. The number of hydrogen-bond acceptors (Lipinski definition) is 4. The number of para-hydroxylation sites is 1. The van der Waals surface area contributed by atoms with Crippen molar-refractivity contribution in [3.05, 3.63) is 77.6 Å². The van der Waals surface area contributed by atoms with E-state index in [0.717, 1.165) is 33.7 Å². The van der Waals surface area contributed by atoms with Gasteiger partial charge in [0, 0.05) is 16.7 Å². The molecule has 0 aromatic heterocycles. The summed E-state index contributed by atoms with van der Waals surface area (Å²) in [5, 5.41) is 3.71. The second-order valence-electron chi connectivity index (χ2n) is 8.72. The second-order valence-corrected chi connectivity index (χ2v) is 8.72. The first kappa shape index (κ1) is 19.6. The molecule has 2 atom stereocenters. The first-order valence-electron chi connectivity index (χ1n) is 10.4. The van der Waals surface area contributed by atoms with Gasteiger partial charge in [0.25, 0.3) is 0 Å². The van der Waals surface area contributed by atoms with Crippen LogP contribution < -0.4 is 14.8 Å². The fourth-order valence-corrected chi connectivity index (χ4v) is 5.07. The third kappa shape index (κ3) is 2.69. The lowest BCUT2D eigenvalue weighted by Gasteiger charge is -2.55. The lowest BCUT2D eigenvalue weighted by Crippen LogP contribution is -2.61. The van der Waals surface area contributed by atoms with Crippen molar-refractivity contribution in [1.29, 1.82) is 0 Å². The fourth-order valence-electron chi connectivity index (χ4n) is 5.07. The predicted octanol–water partition coefficient (Wildman–Crippen LogP) is 5.78. The molecule has 0 saturated carbocycles. The predicted molar refractivity (Wildman–Crippen MR) is 122 cm³/mol. The first-order valence-corrected chi connectivity index (χ1v) is 10.4. The van der Waals surface area contributed by atoms with Crippen molar-refractivity contribution in [2.24, 2.45) is 4.99 Å². The molecule has 3 aromatic carbocycles. The van der Waals surface area contributed by atoms with Gasteiger partial charge < -0.3 is 14.8 Å². The summed E-state index contributed by atoms with van der Waals surface area (Å²) in [5.41, 5.74) is 4.21. The standard InChI is InChI=1S/C26H25FN2O2/c1-25(2)20-14-17(16-8-11-18(27)12-9-16)10-13-21(20)29-24-19-6-5-7-22(30-4)23(19)31-15-26(24,25)28-3/h5-14,24,29H,3,15H2,1-2,4H3/t24-,26-/m1/s1. The Labute approximate surface area is 181 Å². The smallest absolute Gasteiger partial charge is 0.166 e. The molecule has 0 radical (unpaired) electrons. The van der Waals surface area contributed by atoms with E-state index in [2.05, 4.69) is 50.1 Å². The Morgan fingerprint density at radius 3 is 2.55 bits per heavy atom. The van der Waals surface area contributed by atoms with Crippen LogP contribution in [0, 0.1) is 5.82 Å². The van der Waals surface area contributed by atoms with E-state index in [1.165, 1.54) is 12.1 Å². The summed E-state index contributed by atoms with van der Waals surface area (Å²) in [7, 11) is 1.65. The van der Waals surface area contributed by atoms with Crippen molar-refractivity contribution < 1.29 is 13.9 Å². The molecule has 0 amide bonds. The number of nitrogens with zero attached hydrogens (tertiary/aromatic N) is 1. The normalized spacial score (nSPS) is 22.8. The highest BCUT2D eigenvalue weighted by Gasteiger charge is 2.58. The Morgan fingerprint density at radius 1 is 1.10 bits per heavy atom. The molecule has 4 nitrogen and oxygen atoms in total. The van der Waals surface area contributed by atoms with E-state index < -0.39 is 5.54 Å². The van der Waals surface area contributed by atoms with Gasteiger partial charge in [0.15, 0.2) is 11.5 Å². The van der Waals surface area contributed by atoms with E-state index >= 15 is 0 Å². The van der Waals surface area contributed by atoms with E-state index in [1.54, 1.807) is 19.2 Å². The van der Waals surface area contributed by atoms with Gasteiger partial charge in [-0.25, -0.2) is 4.39 Å². The van der Waals surface area contributed by atoms with Crippen molar-refractivity contribution in [1.82, 2.24) is 0 Å². The lowest BCUT2D eigenvalue weighted by molar-refractivity contribution is 0.0998. The molecular weight excluding hydrogens is 391 g/mol. The Kier molecular flexibility index (Phi) is 4.33. The first-order chi connectivity index (χ1) is 14.9. The summed E-state index contributed by atoms with van der Waals surface area (Å²) in [5.74, 6) is 1.23. The molecule has 3 aromatic rings. The number of anilines is 1. The van der Waals surface area contributed by atoms with Gasteiger partial charge in [-0.3, -0.25) is 4.99 Å². The van der Waals surface area contributed by atoms with Crippen LogP contribution in [-0.4, -0.2) is 26.0 Å². The number of methoxy groups -OCH3 is 1. The monoisotopic (exact) mass is 416 g/mol. The molecule has 0 fully saturated rings. The average Bonchev–Trinajstić information content (AvgIpc) is 2.79. The highest BCUT2D eigenvalue weighted by Crippen LogP contribution is 2.57. The SMILES string of the molecule is C=N[C@]12COc3c(OC)cccc3[C@H]1Nc1ccc(-c3ccc(F)cc3)cc1C2(C)C. The molecule has 0 bridgehead atoms. The van der Waals surface area contributed by atoms with Gasteiger partial charge in [-0.05, 0) is 53.7 Å². The van der Waals surface area contributed by atoms with Crippen LogP contribution in [0.25, 0.3) is 11.1 Å². The Morgan fingerprint density at radius 2 is 1.84 bits per heavy atom. The number of fused-ring (bicyclic) bond motifs is 4. The van der Waals surface area contributed by atoms with Crippen molar-refractivity contribution >= 4 is 12.4 Å². The van der Waals surface area contributed by atoms with E-state index in [4.69, 9.17) is 14.5 Å². The van der Waals surface area contributed by atoms with Gasteiger partial charge in [0.1, 0.15) is 18.0 Å². The Hall–Kier alpha value is -3.34. The third-order valence-corrected chi connectivity index (χ3v) is 6.99. The molecule has 1 N–H and O–H groups in total. The van der Waals surface area contributed by atoms with Crippen LogP contribution in [0.15, 0.2) is 65.7 Å². The summed E-state index contributed by atoms with van der Waals surface area (Å²) in [4.78, 5) is 4.69. The minimum absolute atomic E-state index is 0.108. The highest BCUT2D eigenvalue weighted by molar-refractivity contribution is 5.73. The number of rotatable bonds is 3. The average molecular weight is 416 g/mol. The zero-order valence-corrected chi connectivity index (χ0v) is 17.9. The number of benzene rings is 3. The van der Waals surface area contributed by atoms with Crippen molar-refractivity contribution in [3.8, 4) is 22.6 Å². The molecule has 2 heterocycles. The molecule has 0 aliphatic carbocycles. The van der Waals surface area contributed by atoms with Crippen LogP contribution in [0.2, 0.25) is 0 Å². The van der Waals surface area contributed by atoms with Crippen LogP contribution in [0.5, 0.6) is 11.5 Å². The van der Waals surface area contributed by atoms with Gasteiger partial charge >= 0.3 is 0 Å². The van der Waals surface area contributed by atoms with Gasteiger partial charge in [0.2, 0.25) is 0 Å². The second kappa shape index (κ2) is 6.84. The summed E-state index contributed by atoms with van der Waals surface area (Å²) in [6.45, 7) is 8.76. The summed E-state index contributed by atoms with van der Waals surface area (Å²) in [6, 6.07) is 18.7. The Balaban J connectivity index is 1.67. The zero-order valence-electron chi connectivity index (χ0n) is 17.9. The maximum Gasteiger partial charge on any atom is 0.166 e. The molecule has 158 valence electrons. The lowest BCUT2D eigenvalue weighted by atomic mass is 9.60. The molecule has 5 rings (SSSR count). The number of halogens is 1. The molecule has 5 heteroatoms. The summed E-state index contributed by atoms with van der Waals surface area (Å²) in [6.07, 6.45) is 0. The summed E-state index contributed by atoms with van der Waals surface area (Å²) >= 11 is 0. The molecule has 2 aliphatic rings. The van der Waals surface area contributed by atoms with Gasteiger partial charge in [-0.2, -0.15) is 0 Å². The number of aliphatic imine (C=N–C) groups is 1. The van der Waals surface area contributed by atoms with Gasteiger partial charge in [-0.1, -0.05) is 44.2 Å². The van der Waals surface area contributed by atoms with E-state index in [0.29, 0.717) is 12.4 Å². The van der Waals surface area contributed by atoms with E-state index in [1.807, 2.05) is 12.1 Å². The largest absolute Gasteiger partial charge is 0.493 e. The van der Waals surface area contributed by atoms with E-state index in [-0.39, 0.29) is 17.3 Å². The van der Waals surface area contributed by atoms with Crippen LogP contribution in [-0.2, 0) is 5.41 Å². The molecule has 2 aliphatic heterocycles. The van der Waals surface area contributed by atoms with Crippen LogP contribution in [0.3, 0.4) is 0 Å². The third-order valence-electron chi connectivity index (χ3n) is 6.99. The minimum Gasteiger partial charge on any atom is -0.493 e. The summed E-state index contributed by atoms with van der Waals surface area (Å²) < 4.78 is 25.2. The van der Waals surface area contributed by atoms with Gasteiger partial charge in [0.05, 0.1) is 13.2 Å². The molecule has 0 spiro atoms. The number of nitrogens with one attached hydrogen (secondary N) is 1. The van der Waals surface area contributed by atoms with Crippen LogP contribution in [0.1, 0.15) is 31.0 Å². The van der Waals surface area contributed by atoms with E-state index in [9.17, 15) is 4.39 Å². The van der Waals surface area contributed by atoms with Crippen molar-refractivity contribution in [2.45, 2.75) is 30.8 Å². The minimum atomic E-state index is -0.610. The quantitative estimate of drug-likeness (QED) is 0.551. The molecular formula is C26H25FN2O2. The van der Waals surface area contributed by atoms with Crippen LogP contribution in [0.4, 0.5) is 10.1 Å². The maximum absolute atomic E-state index is 13.4. The highest BCUT2D eigenvalue weighted by atomic mass is 19.1. The van der Waals surface area contributed by atoms with Crippen molar-refractivity contribution in [3.63, 3.8) is 0 Å².